The average molecular weight is 368 g/mol. The second-order valence-corrected chi connectivity index (χ2v) is 8.56. The summed E-state index contributed by atoms with van der Waals surface area (Å²) in [4.78, 5) is 14.5. The first-order valence-corrected chi connectivity index (χ1v) is 10.2. The summed E-state index contributed by atoms with van der Waals surface area (Å²) >= 11 is 0. The number of hydrogen-bond acceptors (Lipinski definition) is 4. The van der Waals surface area contributed by atoms with Crippen LogP contribution in [0.4, 0.5) is 0 Å². The number of benzene rings is 1. The van der Waals surface area contributed by atoms with Gasteiger partial charge in [-0.25, -0.2) is 8.42 Å². The third-order valence-corrected chi connectivity index (χ3v) is 6.72. The average Bonchev–Trinajstić information content (AvgIpc) is 2.59. The molecule has 0 spiro atoms. The van der Waals surface area contributed by atoms with Crippen LogP contribution in [0.3, 0.4) is 0 Å². The van der Waals surface area contributed by atoms with Crippen molar-refractivity contribution in [2.45, 2.75) is 38.5 Å². The molecule has 7 heteroatoms. The summed E-state index contributed by atoms with van der Waals surface area (Å²) < 4.78 is 32.2. The van der Waals surface area contributed by atoms with Gasteiger partial charge in [-0.3, -0.25) is 4.79 Å². The molecule has 1 aliphatic heterocycles. The fourth-order valence-electron chi connectivity index (χ4n) is 3.04. The molecule has 1 aromatic rings. The first-order valence-electron chi connectivity index (χ1n) is 8.72. The van der Waals surface area contributed by atoms with E-state index in [1.807, 2.05) is 0 Å². The van der Waals surface area contributed by atoms with Crippen LogP contribution in [0.15, 0.2) is 23.1 Å². The van der Waals surface area contributed by atoms with Crippen LogP contribution in [-0.4, -0.2) is 56.8 Å². The fraction of sp³-hybridized carbons (Fsp3) is 0.611. The maximum atomic E-state index is 12.9. The highest BCUT2D eigenvalue weighted by molar-refractivity contribution is 7.89. The summed E-state index contributed by atoms with van der Waals surface area (Å²) in [6, 6.07) is 4.75. The van der Waals surface area contributed by atoms with Gasteiger partial charge in [0, 0.05) is 19.6 Å². The molecule has 0 aromatic heterocycles. The van der Waals surface area contributed by atoms with Crippen molar-refractivity contribution in [3.8, 4) is 5.75 Å². The highest BCUT2D eigenvalue weighted by Gasteiger charge is 2.28. The van der Waals surface area contributed by atoms with Gasteiger partial charge in [0.15, 0.2) is 0 Å². The van der Waals surface area contributed by atoms with Crippen molar-refractivity contribution in [3.05, 3.63) is 23.8 Å². The van der Waals surface area contributed by atoms with Gasteiger partial charge < -0.3 is 9.64 Å². The Hall–Kier alpha value is -1.60. The molecular weight excluding hydrogens is 340 g/mol. The summed E-state index contributed by atoms with van der Waals surface area (Å²) in [6.07, 6.45) is 1.95. The van der Waals surface area contributed by atoms with Crippen LogP contribution in [0.5, 0.6) is 5.75 Å². The molecular formula is C18H28N2O4S. The van der Waals surface area contributed by atoms with Gasteiger partial charge in [-0.2, -0.15) is 4.31 Å². The summed E-state index contributed by atoms with van der Waals surface area (Å²) in [5.74, 6) is 1.14. The lowest BCUT2D eigenvalue weighted by atomic mass is 9.99. The maximum Gasteiger partial charge on any atom is 0.243 e. The van der Waals surface area contributed by atoms with Gasteiger partial charge in [0.1, 0.15) is 5.75 Å². The number of nitrogens with zero attached hydrogens (tertiary/aromatic N) is 2. The zero-order valence-corrected chi connectivity index (χ0v) is 16.3. The molecule has 0 radical (unpaired) electrons. The Bertz CT molecular complexity index is 710. The van der Waals surface area contributed by atoms with Crippen molar-refractivity contribution >= 4 is 15.9 Å². The van der Waals surface area contributed by atoms with Gasteiger partial charge in [-0.15, -0.1) is 0 Å². The summed E-state index contributed by atoms with van der Waals surface area (Å²) in [5.41, 5.74) is 0.746. The SMILES string of the molecule is CCN(CC(=O)N1CCC(C)CC1)S(=O)(=O)c1ccc(OC)c(C)c1. The number of amides is 1. The quantitative estimate of drug-likeness (QED) is 0.773. The number of hydrogen-bond donors (Lipinski definition) is 0. The molecule has 0 atom stereocenters. The van der Waals surface area contributed by atoms with E-state index in [-0.39, 0.29) is 23.9 Å². The van der Waals surface area contributed by atoms with E-state index in [9.17, 15) is 13.2 Å². The molecule has 0 saturated carbocycles. The Morgan fingerprint density at radius 3 is 2.48 bits per heavy atom. The number of carbonyl (C=O) groups is 1. The minimum atomic E-state index is -3.71. The number of aryl methyl sites for hydroxylation is 1. The molecule has 0 unspecified atom stereocenters. The van der Waals surface area contributed by atoms with Gasteiger partial charge >= 0.3 is 0 Å². The zero-order valence-electron chi connectivity index (χ0n) is 15.5. The standard InChI is InChI=1S/C18H28N2O4S/c1-5-20(13-18(21)19-10-8-14(2)9-11-19)25(22,23)16-6-7-17(24-4)15(3)12-16/h6-7,12,14H,5,8-11,13H2,1-4H3. The van der Waals surface area contributed by atoms with Crippen molar-refractivity contribution in [3.63, 3.8) is 0 Å². The van der Waals surface area contributed by atoms with Gasteiger partial charge in [0.2, 0.25) is 15.9 Å². The van der Waals surface area contributed by atoms with Crippen LogP contribution in [0, 0.1) is 12.8 Å². The van der Waals surface area contributed by atoms with E-state index in [2.05, 4.69) is 6.92 Å². The van der Waals surface area contributed by atoms with Crippen molar-refractivity contribution in [2.24, 2.45) is 5.92 Å². The van der Waals surface area contributed by atoms with Crippen molar-refractivity contribution in [1.29, 1.82) is 0 Å². The van der Waals surface area contributed by atoms with Crippen LogP contribution >= 0.6 is 0 Å². The molecule has 0 aliphatic carbocycles. The third-order valence-electron chi connectivity index (χ3n) is 4.80. The van der Waals surface area contributed by atoms with Gasteiger partial charge in [-0.1, -0.05) is 13.8 Å². The van der Waals surface area contributed by atoms with E-state index in [0.29, 0.717) is 24.8 Å². The highest BCUT2D eigenvalue weighted by Crippen LogP contribution is 2.24. The lowest BCUT2D eigenvalue weighted by Crippen LogP contribution is -2.45. The van der Waals surface area contributed by atoms with E-state index < -0.39 is 10.0 Å². The van der Waals surface area contributed by atoms with Crippen molar-refractivity contribution in [1.82, 2.24) is 9.21 Å². The van der Waals surface area contributed by atoms with Crippen LogP contribution in [0.1, 0.15) is 32.3 Å². The topological polar surface area (TPSA) is 66.9 Å². The third kappa shape index (κ3) is 4.52. The van der Waals surface area contributed by atoms with E-state index in [1.165, 1.54) is 10.4 Å². The van der Waals surface area contributed by atoms with Crippen LogP contribution in [0.2, 0.25) is 0 Å². The molecule has 0 N–H and O–H groups in total. The Kier molecular flexibility index (Phi) is 6.46. The number of carbonyl (C=O) groups excluding carboxylic acids is 1. The van der Waals surface area contributed by atoms with Crippen LogP contribution in [-0.2, 0) is 14.8 Å². The molecule has 0 bridgehead atoms. The molecule has 25 heavy (non-hydrogen) atoms. The molecule has 1 saturated heterocycles. The Balaban J connectivity index is 2.15. The number of likely N-dealkylation sites (tertiary alicyclic amines) is 1. The lowest BCUT2D eigenvalue weighted by molar-refractivity contribution is -0.132. The predicted molar refractivity (Wildman–Crippen MR) is 97.1 cm³/mol. The monoisotopic (exact) mass is 368 g/mol. The largest absolute Gasteiger partial charge is 0.496 e. The maximum absolute atomic E-state index is 12.9. The van der Waals surface area contributed by atoms with Crippen LogP contribution in [0.25, 0.3) is 0 Å². The second kappa shape index (κ2) is 8.19. The van der Waals surface area contributed by atoms with E-state index in [1.54, 1.807) is 38.0 Å². The predicted octanol–water partition coefficient (Wildman–Crippen LogP) is 2.27. The van der Waals surface area contributed by atoms with Gasteiger partial charge in [-0.05, 0) is 49.4 Å². The number of piperidine rings is 1. The number of ether oxygens (including phenoxy) is 1. The second-order valence-electron chi connectivity index (χ2n) is 6.63. The van der Waals surface area contributed by atoms with Gasteiger partial charge in [0.25, 0.3) is 0 Å². The first kappa shape index (κ1) is 19.7. The van der Waals surface area contributed by atoms with Gasteiger partial charge in [0.05, 0.1) is 18.6 Å². The molecule has 1 amide bonds. The number of likely N-dealkylation sites (N-methyl/N-ethyl adjacent to an activating group) is 1. The smallest absolute Gasteiger partial charge is 0.243 e. The minimum Gasteiger partial charge on any atom is -0.496 e. The molecule has 6 nitrogen and oxygen atoms in total. The normalized spacial score (nSPS) is 16.3. The minimum absolute atomic E-state index is 0.113. The van der Waals surface area contributed by atoms with Crippen molar-refractivity contribution < 1.29 is 17.9 Å². The fourth-order valence-corrected chi connectivity index (χ4v) is 4.52. The lowest BCUT2D eigenvalue weighted by Gasteiger charge is -2.32. The molecule has 1 fully saturated rings. The zero-order chi connectivity index (χ0) is 18.6. The molecule has 1 aromatic carbocycles. The Labute approximate surface area is 150 Å². The number of rotatable bonds is 6. The van der Waals surface area contributed by atoms with Crippen LogP contribution < -0.4 is 4.74 Å². The Morgan fingerprint density at radius 1 is 1.32 bits per heavy atom. The van der Waals surface area contributed by atoms with Crippen molar-refractivity contribution in [2.75, 3.05) is 33.3 Å². The molecule has 1 heterocycles. The number of sulfonamides is 1. The number of methoxy groups -OCH3 is 1. The Morgan fingerprint density at radius 2 is 1.96 bits per heavy atom. The molecule has 1 aliphatic rings. The molecule has 140 valence electrons. The van der Waals surface area contributed by atoms with E-state index in [0.717, 1.165) is 18.4 Å². The molecule has 2 rings (SSSR count). The summed E-state index contributed by atoms with van der Waals surface area (Å²) in [7, 11) is -2.16. The van der Waals surface area contributed by atoms with E-state index in [4.69, 9.17) is 4.74 Å². The first-order chi connectivity index (χ1) is 11.8. The highest BCUT2D eigenvalue weighted by atomic mass is 32.2. The van der Waals surface area contributed by atoms with E-state index >= 15 is 0 Å². The summed E-state index contributed by atoms with van der Waals surface area (Å²) in [6.45, 7) is 7.28. The summed E-state index contributed by atoms with van der Waals surface area (Å²) in [5, 5.41) is 0.